The van der Waals surface area contributed by atoms with Gasteiger partial charge in [0, 0.05) is 25.0 Å². The molecule has 0 saturated carbocycles. The van der Waals surface area contributed by atoms with Gasteiger partial charge in [0.05, 0.1) is 24.1 Å². The van der Waals surface area contributed by atoms with E-state index in [1.807, 2.05) is 28.0 Å². The van der Waals surface area contributed by atoms with Crippen LogP contribution in [0.15, 0.2) is 24.7 Å². The van der Waals surface area contributed by atoms with Crippen molar-refractivity contribution in [3.05, 3.63) is 30.4 Å². The van der Waals surface area contributed by atoms with Crippen molar-refractivity contribution in [2.24, 2.45) is 0 Å². The molecular formula is C13H22ClN5. The zero-order valence-corrected chi connectivity index (χ0v) is 12.5. The summed E-state index contributed by atoms with van der Waals surface area (Å²) in [6.07, 6.45) is 6.84. The Kier molecular flexibility index (Phi) is 5.89. The van der Waals surface area contributed by atoms with Crippen molar-refractivity contribution in [3.63, 3.8) is 0 Å². The maximum atomic E-state index is 4.31. The van der Waals surface area contributed by atoms with Gasteiger partial charge in [-0.25, -0.2) is 0 Å². The summed E-state index contributed by atoms with van der Waals surface area (Å²) < 4.78 is 3.99. The molecule has 0 fully saturated rings. The van der Waals surface area contributed by atoms with Crippen LogP contribution in [0.1, 0.15) is 38.9 Å². The van der Waals surface area contributed by atoms with E-state index in [9.17, 15) is 0 Å². The standard InChI is InChI=1S/C13H21N5.ClH/c1-4-7-17-13(5-6-15-17)9-14-12-8-16-18(10-12)11(2)3;/h5-6,8,10-11,14H,4,7,9H2,1-3H3;1H. The molecule has 2 aromatic rings. The van der Waals surface area contributed by atoms with E-state index in [4.69, 9.17) is 0 Å². The van der Waals surface area contributed by atoms with Gasteiger partial charge < -0.3 is 5.32 Å². The number of hydrogen-bond donors (Lipinski definition) is 1. The van der Waals surface area contributed by atoms with Crippen LogP contribution in [-0.2, 0) is 13.1 Å². The average molecular weight is 284 g/mol. The second kappa shape index (κ2) is 7.19. The summed E-state index contributed by atoms with van der Waals surface area (Å²) in [7, 11) is 0. The van der Waals surface area contributed by atoms with E-state index in [0.29, 0.717) is 6.04 Å². The molecule has 2 heterocycles. The fourth-order valence-electron chi connectivity index (χ4n) is 1.83. The van der Waals surface area contributed by atoms with Gasteiger partial charge in [0.1, 0.15) is 0 Å². The van der Waals surface area contributed by atoms with Crippen molar-refractivity contribution in [1.82, 2.24) is 19.6 Å². The molecule has 0 aliphatic carbocycles. The Balaban J connectivity index is 0.00000180. The first kappa shape index (κ1) is 15.6. The fourth-order valence-corrected chi connectivity index (χ4v) is 1.83. The lowest BCUT2D eigenvalue weighted by atomic mass is 10.4. The van der Waals surface area contributed by atoms with Crippen LogP contribution in [-0.4, -0.2) is 19.6 Å². The van der Waals surface area contributed by atoms with Gasteiger partial charge in [0.25, 0.3) is 0 Å². The minimum absolute atomic E-state index is 0. The van der Waals surface area contributed by atoms with Crippen LogP contribution in [0, 0.1) is 0 Å². The van der Waals surface area contributed by atoms with Gasteiger partial charge in [-0.3, -0.25) is 9.36 Å². The van der Waals surface area contributed by atoms with Gasteiger partial charge in [-0.05, 0) is 26.3 Å². The summed E-state index contributed by atoms with van der Waals surface area (Å²) in [5.74, 6) is 0. The minimum atomic E-state index is 0. The number of aryl methyl sites for hydroxylation is 1. The van der Waals surface area contributed by atoms with Crippen molar-refractivity contribution in [2.45, 2.75) is 46.3 Å². The van der Waals surface area contributed by atoms with Gasteiger partial charge in [-0.2, -0.15) is 10.2 Å². The Bertz CT molecular complexity index is 489. The van der Waals surface area contributed by atoms with Crippen LogP contribution in [0.4, 0.5) is 5.69 Å². The van der Waals surface area contributed by atoms with Crippen LogP contribution < -0.4 is 5.32 Å². The fraction of sp³-hybridized carbons (Fsp3) is 0.538. The van der Waals surface area contributed by atoms with Crippen molar-refractivity contribution in [2.75, 3.05) is 5.32 Å². The quantitative estimate of drug-likeness (QED) is 0.886. The summed E-state index contributed by atoms with van der Waals surface area (Å²) >= 11 is 0. The molecule has 0 aliphatic rings. The van der Waals surface area contributed by atoms with E-state index in [2.05, 4.69) is 42.4 Å². The molecule has 2 aromatic heterocycles. The highest BCUT2D eigenvalue weighted by Gasteiger charge is 2.04. The molecule has 0 aliphatic heterocycles. The lowest BCUT2D eigenvalue weighted by Crippen LogP contribution is -2.08. The maximum Gasteiger partial charge on any atom is 0.0729 e. The Hall–Kier alpha value is -1.49. The zero-order valence-electron chi connectivity index (χ0n) is 11.7. The van der Waals surface area contributed by atoms with Crippen molar-refractivity contribution >= 4 is 18.1 Å². The second-order valence-corrected chi connectivity index (χ2v) is 4.70. The molecule has 0 spiro atoms. The van der Waals surface area contributed by atoms with Gasteiger partial charge in [0.2, 0.25) is 0 Å². The molecule has 0 saturated heterocycles. The van der Waals surface area contributed by atoms with Crippen molar-refractivity contribution in [3.8, 4) is 0 Å². The summed E-state index contributed by atoms with van der Waals surface area (Å²) in [4.78, 5) is 0. The molecular weight excluding hydrogens is 262 g/mol. The van der Waals surface area contributed by atoms with E-state index in [1.54, 1.807) is 0 Å². The van der Waals surface area contributed by atoms with Crippen molar-refractivity contribution < 1.29 is 0 Å². The summed E-state index contributed by atoms with van der Waals surface area (Å²) in [6, 6.07) is 2.45. The number of anilines is 1. The summed E-state index contributed by atoms with van der Waals surface area (Å²) in [6.45, 7) is 8.14. The molecule has 0 radical (unpaired) electrons. The number of aromatic nitrogens is 4. The lowest BCUT2D eigenvalue weighted by molar-refractivity contribution is 0.532. The number of halogens is 1. The SMILES string of the molecule is CCCn1nccc1CNc1cnn(C(C)C)c1.Cl. The normalized spacial score (nSPS) is 10.5. The zero-order chi connectivity index (χ0) is 13.0. The highest BCUT2D eigenvalue weighted by molar-refractivity contribution is 5.85. The predicted octanol–water partition coefficient (Wildman–Crippen LogP) is 3.10. The number of nitrogens with zero attached hydrogens (tertiary/aromatic N) is 4. The Morgan fingerprint density at radius 3 is 2.74 bits per heavy atom. The molecule has 5 nitrogen and oxygen atoms in total. The molecule has 1 N–H and O–H groups in total. The van der Waals surface area contributed by atoms with Gasteiger partial charge in [-0.15, -0.1) is 12.4 Å². The van der Waals surface area contributed by atoms with Crippen LogP contribution in [0.25, 0.3) is 0 Å². The van der Waals surface area contributed by atoms with Crippen LogP contribution in [0.2, 0.25) is 0 Å². The third-order valence-electron chi connectivity index (χ3n) is 2.84. The smallest absolute Gasteiger partial charge is 0.0729 e. The Morgan fingerprint density at radius 1 is 1.32 bits per heavy atom. The summed E-state index contributed by atoms with van der Waals surface area (Å²) in [5.41, 5.74) is 2.25. The Labute approximate surface area is 120 Å². The maximum absolute atomic E-state index is 4.31. The topological polar surface area (TPSA) is 47.7 Å². The van der Waals surface area contributed by atoms with E-state index >= 15 is 0 Å². The first-order valence-corrected chi connectivity index (χ1v) is 6.49. The van der Waals surface area contributed by atoms with Gasteiger partial charge in [-0.1, -0.05) is 6.92 Å². The molecule has 106 valence electrons. The average Bonchev–Trinajstić information content (AvgIpc) is 2.95. The Morgan fingerprint density at radius 2 is 2.11 bits per heavy atom. The molecule has 6 heteroatoms. The molecule has 2 rings (SSSR count). The molecule has 0 bridgehead atoms. The summed E-state index contributed by atoms with van der Waals surface area (Å²) in [5, 5.41) is 12.0. The van der Waals surface area contributed by atoms with Gasteiger partial charge in [0.15, 0.2) is 0 Å². The first-order valence-electron chi connectivity index (χ1n) is 6.49. The number of nitrogens with one attached hydrogen (secondary N) is 1. The number of rotatable bonds is 6. The molecule has 19 heavy (non-hydrogen) atoms. The van der Waals surface area contributed by atoms with E-state index in [1.165, 1.54) is 5.69 Å². The monoisotopic (exact) mass is 283 g/mol. The third kappa shape index (κ3) is 3.99. The predicted molar refractivity (Wildman–Crippen MR) is 79.7 cm³/mol. The van der Waals surface area contributed by atoms with E-state index < -0.39 is 0 Å². The van der Waals surface area contributed by atoms with E-state index in [-0.39, 0.29) is 12.4 Å². The first-order chi connectivity index (χ1) is 8.70. The largest absolute Gasteiger partial charge is 0.377 e. The lowest BCUT2D eigenvalue weighted by Gasteiger charge is -2.07. The van der Waals surface area contributed by atoms with E-state index in [0.717, 1.165) is 25.2 Å². The highest BCUT2D eigenvalue weighted by atomic mass is 35.5. The molecule has 0 unspecified atom stereocenters. The minimum Gasteiger partial charge on any atom is -0.377 e. The second-order valence-electron chi connectivity index (χ2n) is 4.70. The van der Waals surface area contributed by atoms with Crippen LogP contribution in [0.5, 0.6) is 0 Å². The van der Waals surface area contributed by atoms with Gasteiger partial charge >= 0.3 is 0 Å². The molecule has 0 amide bonds. The van der Waals surface area contributed by atoms with Crippen LogP contribution >= 0.6 is 12.4 Å². The van der Waals surface area contributed by atoms with Crippen molar-refractivity contribution in [1.29, 1.82) is 0 Å². The van der Waals surface area contributed by atoms with Crippen LogP contribution in [0.3, 0.4) is 0 Å². The highest BCUT2D eigenvalue weighted by Crippen LogP contribution is 2.11. The number of hydrogen-bond acceptors (Lipinski definition) is 3. The molecule has 0 aromatic carbocycles. The third-order valence-corrected chi connectivity index (χ3v) is 2.84. The molecule has 0 atom stereocenters.